The molecule has 5 heteroatoms. The molecule has 0 saturated carbocycles. The number of nitrogens with one attached hydrogen (secondary N) is 1. The van der Waals surface area contributed by atoms with Gasteiger partial charge in [-0.15, -0.1) is 11.8 Å². The minimum atomic E-state index is -0.160. The second-order valence-electron chi connectivity index (χ2n) is 5.52. The Morgan fingerprint density at radius 1 is 1.12 bits per heavy atom. The maximum absolute atomic E-state index is 12.2. The lowest BCUT2D eigenvalue weighted by Crippen LogP contribution is -2.20. The fourth-order valence-corrected chi connectivity index (χ4v) is 4.00. The van der Waals surface area contributed by atoms with Crippen LogP contribution in [-0.2, 0) is 10.5 Å². The molecule has 25 heavy (non-hydrogen) atoms. The van der Waals surface area contributed by atoms with Crippen molar-refractivity contribution in [3.63, 3.8) is 0 Å². The Kier molecular flexibility index (Phi) is 6.14. The Balaban J connectivity index is 1.58. The van der Waals surface area contributed by atoms with Gasteiger partial charge < -0.3 is 10.1 Å². The van der Waals surface area contributed by atoms with E-state index in [-0.39, 0.29) is 12.5 Å². The van der Waals surface area contributed by atoms with Crippen molar-refractivity contribution in [2.24, 2.45) is 0 Å². The van der Waals surface area contributed by atoms with E-state index in [4.69, 9.17) is 4.74 Å². The Morgan fingerprint density at radius 3 is 2.72 bits per heavy atom. The maximum Gasteiger partial charge on any atom is 0.262 e. The highest BCUT2D eigenvalue weighted by Gasteiger charge is 2.09. The molecule has 0 aliphatic rings. The van der Waals surface area contributed by atoms with Crippen LogP contribution in [0.3, 0.4) is 0 Å². The number of benzene rings is 2. The van der Waals surface area contributed by atoms with Crippen LogP contribution in [-0.4, -0.2) is 12.5 Å². The summed E-state index contributed by atoms with van der Waals surface area (Å²) in [6.07, 6.45) is 0. The van der Waals surface area contributed by atoms with Crippen molar-refractivity contribution in [1.82, 2.24) is 0 Å². The van der Waals surface area contributed by atoms with Crippen molar-refractivity contribution in [2.75, 3.05) is 11.9 Å². The molecule has 3 nitrogen and oxygen atoms in total. The van der Waals surface area contributed by atoms with Crippen LogP contribution < -0.4 is 10.1 Å². The van der Waals surface area contributed by atoms with Crippen LogP contribution in [0.1, 0.15) is 11.1 Å². The van der Waals surface area contributed by atoms with E-state index in [1.165, 1.54) is 5.56 Å². The summed E-state index contributed by atoms with van der Waals surface area (Å²) in [6.45, 7) is 1.96. The third-order valence-electron chi connectivity index (χ3n) is 3.59. The number of anilines is 1. The Hall–Kier alpha value is -2.24. The highest BCUT2D eigenvalue weighted by molar-refractivity contribution is 7.98. The van der Waals surface area contributed by atoms with E-state index in [1.807, 2.05) is 55.5 Å². The van der Waals surface area contributed by atoms with Gasteiger partial charge in [-0.1, -0.05) is 30.3 Å². The topological polar surface area (TPSA) is 38.3 Å². The quantitative estimate of drug-likeness (QED) is 0.569. The number of hydrogen-bond donors (Lipinski definition) is 1. The number of amides is 1. The summed E-state index contributed by atoms with van der Waals surface area (Å²) in [5.74, 6) is 1.46. The zero-order valence-corrected chi connectivity index (χ0v) is 15.5. The Morgan fingerprint density at radius 2 is 1.92 bits per heavy atom. The van der Waals surface area contributed by atoms with Crippen LogP contribution in [0, 0.1) is 6.92 Å². The zero-order chi connectivity index (χ0) is 17.5. The Bertz CT molecular complexity index is 831. The summed E-state index contributed by atoms with van der Waals surface area (Å²) in [6, 6.07) is 17.6. The smallest absolute Gasteiger partial charge is 0.262 e. The molecular formula is C20H19NO2S2. The molecule has 3 rings (SSSR count). The zero-order valence-electron chi connectivity index (χ0n) is 13.9. The normalized spacial score (nSPS) is 10.4. The first-order chi connectivity index (χ1) is 12.2. The number of rotatable bonds is 7. The number of ether oxygens (including phenoxy) is 1. The minimum Gasteiger partial charge on any atom is -0.483 e. The number of aryl methyl sites for hydroxylation is 1. The first-order valence-electron chi connectivity index (χ1n) is 7.93. The van der Waals surface area contributed by atoms with Crippen molar-refractivity contribution in [2.45, 2.75) is 17.6 Å². The summed E-state index contributed by atoms with van der Waals surface area (Å²) in [5, 5.41) is 7.17. The molecule has 0 aliphatic carbocycles. The number of carbonyl (C=O) groups is 1. The molecule has 0 fully saturated rings. The highest BCUT2D eigenvalue weighted by Crippen LogP contribution is 2.30. The molecule has 128 valence electrons. The second-order valence-corrected chi connectivity index (χ2v) is 7.32. The van der Waals surface area contributed by atoms with Crippen LogP contribution in [0.25, 0.3) is 0 Å². The van der Waals surface area contributed by atoms with Gasteiger partial charge in [0.15, 0.2) is 6.61 Å². The molecule has 3 aromatic rings. The number of carbonyl (C=O) groups excluding carboxylic acids is 1. The van der Waals surface area contributed by atoms with Gasteiger partial charge in [-0.05, 0) is 53.1 Å². The molecule has 1 amide bonds. The molecule has 0 bridgehead atoms. The molecule has 0 radical (unpaired) electrons. The monoisotopic (exact) mass is 369 g/mol. The lowest BCUT2D eigenvalue weighted by molar-refractivity contribution is -0.118. The van der Waals surface area contributed by atoms with Crippen molar-refractivity contribution < 1.29 is 9.53 Å². The molecule has 0 unspecified atom stereocenters. The van der Waals surface area contributed by atoms with E-state index in [9.17, 15) is 4.79 Å². The molecule has 1 aromatic heterocycles. The predicted molar refractivity (Wildman–Crippen MR) is 106 cm³/mol. The van der Waals surface area contributed by atoms with Crippen molar-refractivity contribution in [1.29, 1.82) is 0 Å². The molecule has 0 atom stereocenters. The maximum atomic E-state index is 12.2. The highest BCUT2D eigenvalue weighted by atomic mass is 32.2. The van der Waals surface area contributed by atoms with Gasteiger partial charge in [-0.2, -0.15) is 11.3 Å². The Labute approximate surface area is 156 Å². The molecular weight excluding hydrogens is 350 g/mol. The molecule has 1 heterocycles. The van der Waals surface area contributed by atoms with Crippen LogP contribution in [0.15, 0.2) is 70.3 Å². The number of thioether (sulfide) groups is 1. The van der Waals surface area contributed by atoms with E-state index < -0.39 is 0 Å². The number of para-hydroxylation sites is 2. The minimum absolute atomic E-state index is 0.00557. The van der Waals surface area contributed by atoms with Crippen LogP contribution in [0.5, 0.6) is 5.75 Å². The van der Waals surface area contributed by atoms with Gasteiger partial charge in [0.05, 0.1) is 5.69 Å². The van der Waals surface area contributed by atoms with Crippen molar-refractivity contribution >= 4 is 34.7 Å². The second kappa shape index (κ2) is 8.74. The SMILES string of the molecule is Cc1ccccc1OCC(=O)Nc1ccccc1SCc1ccsc1. The third-order valence-corrected chi connectivity index (χ3v) is 5.46. The number of thiophene rings is 1. The standard InChI is InChI=1S/C20H19NO2S2/c1-15-6-2-4-8-18(15)23-12-20(22)21-17-7-3-5-9-19(17)25-14-16-10-11-24-13-16/h2-11,13H,12,14H2,1H3,(H,21,22). The van der Waals surface area contributed by atoms with E-state index in [0.717, 1.165) is 27.6 Å². The van der Waals surface area contributed by atoms with Crippen LogP contribution in [0.2, 0.25) is 0 Å². The first-order valence-corrected chi connectivity index (χ1v) is 9.86. The van der Waals surface area contributed by atoms with Gasteiger partial charge in [0.2, 0.25) is 0 Å². The van der Waals surface area contributed by atoms with Crippen LogP contribution >= 0.6 is 23.1 Å². The summed E-state index contributed by atoms with van der Waals surface area (Å²) in [4.78, 5) is 13.3. The lowest BCUT2D eigenvalue weighted by atomic mass is 10.2. The molecule has 0 aliphatic heterocycles. The predicted octanol–water partition coefficient (Wildman–Crippen LogP) is 5.37. The van der Waals surface area contributed by atoms with E-state index in [2.05, 4.69) is 22.1 Å². The lowest BCUT2D eigenvalue weighted by Gasteiger charge is -2.12. The fraction of sp³-hybridized carbons (Fsp3) is 0.150. The fourth-order valence-electron chi connectivity index (χ4n) is 2.28. The van der Waals surface area contributed by atoms with Gasteiger partial charge in [-0.25, -0.2) is 0 Å². The van der Waals surface area contributed by atoms with E-state index in [1.54, 1.807) is 23.1 Å². The van der Waals surface area contributed by atoms with Crippen molar-refractivity contribution in [3.8, 4) is 5.75 Å². The van der Waals surface area contributed by atoms with Gasteiger partial charge in [-0.3, -0.25) is 4.79 Å². The van der Waals surface area contributed by atoms with Gasteiger partial charge in [0, 0.05) is 10.6 Å². The van der Waals surface area contributed by atoms with Gasteiger partial charge >= 0.3 is 0 Å². The summed E-state index contributed by atoms with van der Waals surface area (Å²) < 4.78 is 5.61. The average Bonchev–Trinajstić information content (AvgIpc) is 3.14. The molecule has 2 aromatic carbocycles. The first kappa shape index (κ1) is 17.6. The number of hydrogen-bond acceptors (Lipinski definition) is 4. The molecule has 0 saturated heterocycles. The summed E-state index contributed by atoms with van der Waals surface area (Å²) >= 11 is 3.41. The molecule has 1 N–H and O–H groups in total. The van der Waals surface area contributed by atoms with E-state index in [0.29, 0.717) is 0 Å². The van der Waals surface area contributed by atoms with E-state index >= 15 is 0 Å². The molecule has 0 spiro atoms. The summed E-state index contributed by atoms with van der Waals surface area (Å²) in [7, 11) is 0. The van der Waals surface area contributed by atoms with Gasteiger partial charge in [0.25, 0.3) is 5.91 Å². The van der Waals surface area contributed by atoms with Crippen molar-refractivity contribution in [3.05, 3.63) is 76.5 Å². The third kappa shape index (κ3) is 5.11. The van der Waals surface area contributed by atoms with Gasteiger partial charge in [0.1, 0.15) is 5.75 Å². The van der Waals surface area contributed by atoms with Crippen LogP contribution in [0.4, 0.5) is 5.69 Å². The largest absolute Gasteiger partial charge is 0.483 e. The average molecular weight is 370 g/mol. The summed E-state index contributed by atoms with van der Waals surface area (Å²) in [5.41, 5.74) is 3.13.